The lowest BCUT2D eigenvalue weighted by Crippen LogP contribution is -2.09. The Labute approximate surface area is 94.5 Å². The highest BCUT2D eigenvalue weighted by Crippen LogP contribution is 2.34. The van der Waals surface area contributed by atoms with Crippen LogP contribution in [0.15, 0.2) is 30.3 Å². The average molecular weight is 214 g/mol. The van der Waals surface area contributed by atoms with Gasteiger partial charge in [-0.1, -0.05) is 18.2 Å². The van der Waals surface area contributed by atoms with Crippen LogP contribution in [-0.2, 0) is 12.8 Å². The summed E-state index contributed by atoms with van der Waals surface area (Å²) in [6, 6.07) is 10.4. The topological polar surface area (TPSA) is 29.5 Å². The highest BCUT2D eigenvalue weighted by atomic mass is 16.6. The third-order valence-corrected chi connectivity index (χ3v) is 3.09. The number of aryl methyl sites for hydroxylation is 2. The summed E-state index contributed by atoms with van der Waals surface area (Å²) < 4.78 is 5.34. The van der Waals surface area contributed by atoms with Crippen molar-refractivity contribution in [2.24, 2.45) is 0 Å². The lowest BCUT2D eigenvalue weighted by molar-refractivity contribution is -0.000220. The molecule has 1 atom stereocenters. The van der Waals surface area contributed by atoms with Crippen molar-refractivity contribution in [2.45, 2.75) is 26.1 Å². The summed E-state index contributed by atoms with van der Waals surface area (Å²) in [4.78, 5) is 0. The Kier molecular flexibility index (Phi) is 2.11. The summed E-state index contributed by atoms with van der Waals surface area (Å²) in [7, 11) is 0. The van der Waals surface area contributed by atoms with E-state index in [1.807, 2.05) is 12.1 Å². The maximum atomic E-state index is 9.23. The molecule has 0 fully saturated rings. The van der Waals surface area contributed by atoms with E-state index < -0.39 is 6.29 Å². The lowest BCUT2D eigenvalue weighted by Gasteiger charge is -2.11. The predicted octanol–water partition coefficient (Wildman–Crippen LogP) is 2.66. The molecule has 0 saturated heterocycles. The molecule has 2 heteroatoms. The zero-order valence-corrected chi connectivity index (χ0v) is 9.23. The van der Waals surface area contributed by atoms with Gasteiger partial charge in [0.2, 0.25) is 0 Å². The molecule has 82 valence electrons. The third-order valence-electron chi connectivity index (χ3n) is 3.09. The normalized spacial score (nSPS) is 15.4. The van der Waals surface area contributed by atoms with Gasteiger partial charge in [-0.25, -0.2) is 0 Å². The lowest BCUT2D eigenvalue weighted by atomic mass is 10.0. The van der Waals surface area contributed by atoms with E-state index in [4.69, 9.17) is 4.74 Å². The molecule has 0 amide bonds. The minimum Gasteiger partial charge on any atom is -0.465 e. The molecule has 2 aromatic carbocycles. The van der Waals surface area contributed by atoms with E-state index in [-0.39, 0.29) is 0 Å². The first-order chi connectivity index (χ1) is 7.74. The fraction of sp³-hybridized carbons (Fsp3) is 0.286. The summed E-state index contributed by atoms with van der Waals surface area (Å²) in [6.45, 7) is 1.62. The van der Waals surface area contributed by atoms with Gasteiger partial charge in [-0.2, -0.15) is 0 Å². The maximum Gasteiger partial charge on any atom is 0.194 e. The Morgan fingerprint density at radius 1 is 1.19 bits per heavy atom. The summed E-state index contributed by atoms with van der Waals surface area (Å²) >= 11 is 0. The number of rotatable bonds is 2. The van der Waals surface area contributed by atoms with Crippen LogP contribution in [0.25, 0.3) is 10.8 Å². The SMILES string of the molecule is CC(O)Oc1cc2c3c(cccc3c1)CC2. The number of hydrogen-bond donors (Lipinski definition) is 1. The van der Waals surface area contributed by atoms with Crippen molar-refractivity contribution in [3.05, 3.63) is 41.5 Å². The average Bonchev–Trinajstić information content (AvgIpc) is 2.62. The zero-order valence-electron chi connectivity index (χ0n) is 9.23. The first-order valence-corrected chi connectivity index (χ1v) is 5.63. The second-order valence-corrected chi connectivity index (χ2v) is 4.31. The van der Waals surface area contributed by atoms with Crippen LogP contribution in [0.3, 0.4) is 0 Å². The molecule has 16 heavy (non-hydrogen) atoms. The third kappa shape index (κ3) is 1.46. The Bertz CT molecular complexity index is 544. The van der Waals surface area contributed by atoms with Crippen LogP contribution in [0, 0.1) is 0 Å². The van der Waals surface area contributed by atoms with Crippen LogP contribution in [0.4, 0.5) is 0 Å². The molecule has 0 aliphatic heterocycles. The largest absolute Gasteiger partial charge is 0.465 e. The fourth-order valence-electron chi connectivity index (χ4n) is 2.51. The van der Waals surface area contributed by atoms with Gasteiger partial charge in [-0.3, -0.25) is 0 Å². The van der Waals surface area contributed by atoms with Crippen LogP contribution < -0.4 is 4.74 Å². The van der Waals surface area contributed by atoms with Crippen molar-refractivity contribution >= 4 is 10.8 Å². The van der Waals surface area contributed by atoms with Gasteiger partial charge < -0.3 is 9.84 Å². The summed E-state index contributed by atoms with van der Waals surface area (Å²) in [5.41, 5.74) is 2.76. The fourth-order valence-corrected chi connectivity index (χ4v) is 2.51. The number of ether oxygens (including phenoxy) is 1. The molecule has 1 aliphatic carbocycles. The molecule has 1 N–H and O–H groups in total. The zero-order chi connectivity index (χ0) is 11.1. The van der Waals surface area contributed by atoms with Crippen molar-refractivity contribution in [2.75, 3.05) is 0 Å². The van der Waals surface area contributed by atoms with Crippen molar-refractivity contribution in [1.82, 2.24) is 0 Å². The molecule has 0 aromatic heterocycles. The minimum atomic E-state index is -0.755. The number of aliphatic hydroxyl groups excluding tert-OH is 1. The van der Waals surface area contributed by atoms with Gasteiger partial charge in [0.1, 0.15) is 5.75 Å². The molecular weight excluding hydrogens is 200 g/mol. The van der Waals surface area contributed by atoms with E-state index in [0.29, 0.717) is 0 Å². The number of hydrogen-bond acceptors (Lipinski definition) is 2. The van der Waals surface area contributed by atoms with E-state index in [9.17, 15) is 5.11 Å². The Balaban J connectivity index is 2.18. The highest BCUT2D eigenvalue weighted by Gasteiger charge is 2.15. The van der Waals surface area contributed by atoms with Gasteiger partial charge in [0.15, 0.2) is 6.29 Å². The van der Waals surface area contributed by atoms with E-state index in [1.54, 1.807) is 6.92 Å². The Morgan fingerprint density at radius 3 is 2.81 bits per heavy atom. The smallest absolute Gasteiger partial charge is 0.194 e. The van der Waals surface area contributed by atoms with Crippen LogP contribution in [-0.4, -0.2) is 11.4 Å². The van der Waals surface area contributed by atoms with Gasteiger partial charge in [0.05, 0.1) is 0 Å². The highest BCUT2D eigenvalue weighted by molar-refractivity contribution is 5.91. The minimum absolute atomic E-state index is 0.755. The molecule has 0 heterocycles. The van der Waals surface area contributed by atoms with Gasteiger partial charge in [0.25, 0.3) is 0 Å². The molecule has 0 radical (unpaired) electrons. The van der Waals surface area contributed by atoms with Gasteiger partial charge >= 0.3 is 0 Å². The van der Waals surface area contributed by atoms with Crippen LogP contribution >= 0.6 is 0 Å². The van der Waals surface area contributed by atoms with Crippen LogP contribution in [0.1, 0.15) is 18.1 Å². The van der Waals surface area contributed by atoms with Crippen molar-refractivity contribution < 1.29 is 9.84 Å². The Morgan fingerprint density at radius 2 is 2.00 bits per heavy atom. The van der Waals surface area contributed by atoms with Gasteiger partial charge in [0, 0.05) is 0 Å². The molecule has 0 saturated carbocycles. The second-order valence-electron chi connectivity index (χ2n) is 4.31. The number of aliphatic hydroxyl groups is 1. The predicted molar refractivity (Wildman–Crippen MR) is 63.7 cm³/mol. The molecule has 1 aliphatic rings. The van der Waals surface area contributed by atoms with Gasteiger partial charge in [-0.05, 0) is 53.8 Å². The standard InChI is InChI=1S/C14H14O2/c1-9(15)16-13-7-11-4-2-3-10-5-6-12(8-13)14(10)11/h2-4,7-9,15H,5-6H2,1H3. The maximum absolute atomic E-state index is 9.23. The van der Waals surface area contributed by atoms with Crippen molar-refractivity contribution in [3.63, 3.8) is 0 Å². The second kappa shape index (κ2) is 3.49. The van der Waals surface area contributed by atoms with Crippen LogP contribution in [0.5, 0.6) is 5.75 Å². The van der Waals surface area contributed by atoms with Crippen molar-refractivity contribution in [3.8, 4) is 5.75 Å². The summed E-state index contributed by atoms with van der Waals surface area (Å²) in [5.74, 6) is 0.761. The van der Waals surface area contributed by atoms with E-state index in [1.165, 1.54) is 21.9 Å². The first-order valence-electron chi connectivity index (χ1n) is 5.63. The molecule has 2 nitrogen and oxygen atoms in total. The van der Waals surface area contributed by atoms with E-state index in [0.717, 1.165) is 18.6 Å². The van der Waals surface area contributed by atoms with E-state index >= 15 is 0 Å². The monoisotopic (exact) mass is 214 g/mol. The molecule has 0 spiro atoms. The molecule has 1 unspecified atom stereocenters. The quantitative estimate of drug-likeness (QED) is 0.779. The summed E-state index contributed by atoms with van der Waals surface area (Å²) in [5, 5.41) is 11.8. The Hall–Kier alpha value is -1.54. The number of benzene rings is 2. The first kappa shape index (κ1) is 9.67. The molecule has 3 rings (SSSR count). The van der Waals surface area contributed by atoms with Crippen molar-refractivity contribution in [1.29, 1.82) is 0 Å². The molecular formula is C14H14O2. The molecule has 2 aromatic rings. The van der Waals surface area contributed by atoms with E-state index in [2.05, 4.69) is 18.2 Å². The van der Waals surface area contributed by atoms with Gasteiger partial charge in [-0.15, -0.1) is 0 Å². The summed E-state index contributed by atoms with van der Waals surface area (Å²) in [6.07, 6.45) is 1.44. The van der Waals surface area contributed by atoms with Crippen LogP contribution in [0.2, 0.25) is 0 Å². The molecule has 0 bridgehead atoms.